The van der Waals surface area contributed by atoms with Gasteiger partial charge in [0.2, 0.25) is 23.6 Å². The maximum atomic E-state index is 14.4. The third-order valence-corrected chi connectivity index (χ3v) is 11.1. The first-order valence-corrected chi connectivity index (χ1v) is 19.9. The lowest BCUT2D eigenvalue weighted by Gasteiger charge is -2.42. The van der Waals surface area contributed by atoms with Crippen molar-refractivity contribution >= 4 is 29.6 Å². The minimum absolute atomic E-state index is 0.00570. The van der Waals surface area contributed by atoms with Gasteiger partial charge < -0.3 is 40.4 Å². The predicted octanol–water partition coefficient (Wildman–Crippen LogP) is 2.62. The molecule has 0 radical (unpaired) electrons. The fourth-order valence-electron chi connectivity index (χ4n) is 8.05. The number of likely N-dealkylation sites (N-methyl/N-ethyl adjacent to an activating group) is 2. The summed E-state index contributed by atoms with van der Waals surface area (Å²) in [5.74, 6) is -2.36. The highest BCUT2D eigenvalue weighted by Gasteiger charge is 2.43. The van der Waals surface area contributed by atoms with Gasteiger partial charge in [-0.05, 0) is 64.2 Å². The molecule has 0 saturated carbocycles. The van der Waals surface area contributed by atoms with Crippen LogP contribution in [0.1, 0.15) is 79.2 Å². The highest BCUT2D eigenvalue weighted by Crippen LogP contribution is 2.30. The van der Waals surface area contributed by atoms with Gasteiger partial charge in [-0.3, -0.25) is 24.1 Å². The van der Waals surface area contributed by atoms with Crippen molar-refractivity contribution in [2.75, 3.05) is 55.1 Å². The summed E-state index contributed by atoms with van der Waals surface area (Å²) >= 11 is 0. The molecule has 0 spiro atoms. The minimum atomic E-state index is -0.896. The smallest absolute Gasteiger partial charge is 0.328 e. The van der Waals surface area contributed by atoms with Crippen LogP contribution in [0.2, 0.25) is 0 Å². The van der Waals surface area contributed by atoms with Gasteiger partial charge in [0.25, 0.3) is 0 Å². The van der Waals surface area contributed by atoms with E-state index >= 15 is 0 Å². The Kier molecular flexibility index (Phi) is 20.3. The molecule has 0 aliphatic carbocycles. The third-order valence-electron chi connectivity index (χ3n) is 11.1. The molecule has 312 valence electrons. The Labute approximate surface area is 329 Å². The minimum Gasteiger partial charge on any atom is -0.467 e. The number of nitrogens with two attached hydrogens (primary N) is 1. The molecule has 4 amide bonds. The maximum Gasteiger partial charge on any atom is 0.328 e. The van der Waals surface area contributed by atoms with Crippen molar-refractivity contribution in [3.63, 3.8) is 0 Å². The normalized spacial score (nSPS) is 18.8. The van der Waals surface area contributed by atoms with Gasteiger partial charge in [0.15, 0.2) is 0 Å². The molecule has 1 fully saturated rings. The average molecular weight is 775 g/mol. The van der Waals surface area contributed by atoms with E-state index in [-0.39, 0.29) is 61.3 Å². The summed E-state index contributed by atoms with van der Waals surface area (Å²) in [6.45, 7) is 12.6. The standard InChI is InChI=1S/C41H70N6O8/c1-12-27(5)36(46(13-2)40(51)30(21-22-42)43-39(50)35(26(3)4)45(7)8)33(53-9)25-34(48)47-23-17-20-32(47)37(54-10)28(6)38(49)44-31(41(52)55-11)24-29-18-15-14-16-19-29/h14-16,18-19,26-28,30-33,35-37H,12-13,17,20-25,42H2,1-11H3,(H,43,50)(H,44,49)/t27?,28?,30?,31?,32-,33?,35?,36?,37?/m0/s1. The Hall–Kier alpha value is -3.59. The highest BCUT2D eigenvalue weighted by atomic mass is 16.5. The van der Waals surface area contributed by atoms with Gasteiger partial charge in [0, 0.05) is 33.7 Å². The number of nitrogens with one attached hydrogen (secondary N) is 2. The first-order valence-electron chi connectivity index (χ1n) is 19.9. The molecular formula is C41H70N6O8. The van der Waals surface area contributed by atoms with E-state index in [0.717, 1.165) is 12.0 Å². The Morgan fingerprint density at radius 2 is 1.56 bits per heavy atom. The Morgan fingerprint density at radius 1 is 0.927 bits per heavy atom. The summed E-state index contributed by atoms with van der Waals surface area (Å²) in [7, 11) is 8.04. The average Bonchev–Trinajstić information content (AvgIpc) is 3.64. The Balaban J connectivity index is 2.32. The van der Waals surface area contributed by atoms with Crippen molar-refractivity contribution in [2.45, 2.75) is 122 Å². The van der Waals surface area contributed by atoms with Crippen LogP contribution in [0.4, 0.5) is 0 Å². The molecule has 55 heavy (non-hydrogen) atoms. The lowest BCUT2D eigenvalue weighted by atomic mass is 9.89. The van der Waals surface area contributed by atoms with Crippen molar-refractivity contribution < 1.29 is 38.2 Å². The quantitative estimate of drug-likeness (QED) is 0.140. The fraction of sp³-hybridized carbons (Fsp3) is 0.732. The van der Waals surface area contributed by atoms with Crippen LogP contribution in [0.25, 0.3) is 0 Å². The van der Waals surface area contributed by atoms with E-state index in [0.29, 0.717) is 25.9 Å². The molecular weight excluding hydrogens is 704 g/mol. The molecule has 4 N–H and O–H groups in total. The van der Waals surface area contributed by atoms with E-state index in [9.17, 15) is 24.0 Å². The second-order valence-corrected chi connectivity index (χ2v) is 15.3. The molecule has 14 nitrogen and oxygen atoms in total. The van der Waals surface area contributed by atoms with Crippen LogP contribution in [-0.4, -0.2) is 142 Å². The molecule has 0 aromatic heterocycles. The second-order valence-electron chi connectivity index (χ2n) is 15.3. The van der Waals surface area contributed by atoms with Crippen LogP contribution < -0.4 is 16.4 Å². The lowest BCUT2D eigenvalue weighted by molar-refractivity contribution is -0.149. The fourth-order valence-corrected chi connectivity index (χ4v) is 8.05. The molecule has 0 bridgehead atoms. The van der Waals surface area contributed by atoms with Gasteiger partial charge in [-0.2, -0.15) is 0 Å². The number of nitrogens with zero attached hydrogens (tertiary/aromatic N) is 3. The number of ether oxygens (including phenoxy) is 3. The van der Waals surface area contributed by atoms with Crippen LogP contribution in [0, 0.1) is 17.8 Å². The molecule has 14 heteroatoms. The predicted molar refractivity (Wildman–Crippen MR) is 213 cm³/mol. The molecule has 1 heterocycles. The molecule has 1 aliphatic rings. The van der Waals surface area contributed by atoms with Crippen molar-refractivity contribution in [1.29, 1.82) is 0 Å². The zero-order chi connectivity index (χ0) is 41.4. The van der Waals surface area contributed by atoms with Crippen molar-refractivity contribution in [3.8, 4) is 0 Å². The number of esters is 1. The number of carbonyl (C=O) groups is 5. The molecule has 8 unspecified atom stereocenters. The van der Waals surface area contributed by atoms with Crippen molar-refractivity contribution in [2.24, 2.45) is 23.5 Å². The van der Waals surface area contributed by atoms with Gasteiger partial charge in [-0.15, -0.1) is 0 Å². The Bertz CT molecular complexity index is 1360. The summed E-state index contributed by atoms with van der Waals surface area (Å²) in [6.07, 6.45) is 1.27. The number of rotatable bonds is 23. The zero-order valence-corrected chi connectivity index (χ0v) is 35.2. The van der Waals surface area contributed by atoms with Crippen LogP contribution in [0.15, 0.2) is 30.3 Å². The zero-order valence-electron chi connectivity index (χ0n) is 35.2. The number of likely N-dealkylation sites (tertiary alicyclic amines) is 1. The van der Waals surface area contributed by atoms with Crippen LogP contribution in [0.3, 0.4) is 0 Å². The van der Waals surface area contributed by atoms with Crippen molar-refractivity contribution in [1.82, 2.24) is 25.3 Å². The number of hydrogen-bond donors (Lipinski definition) is 3. The van der Waals surface area contributed by atoms with Gasteiger partial charge in [0.1, 0.15) is 12.1 Å². The summed E-state index contributed by atoms with van der Waals surface area (Å²) in [5.41, 5.74) is 6.84. The summed E-state index contributed by atoms with van der Waals surface area (Å²) in [5, 5.41) is 5.85. The van der Waals surface area contributed by atoms with Crippen LogP contribution >= 0.6 is 0 Å². The van der Waals surface area contributed by atoms with Crippen molar-refractivity contribution in [3.05, 3.63) is 35.9 Å². The number of carbonyl (C=O) groups excluding carboxylic acids is 5. The van der Waals surface area contributed by atoms with Gasteiger partial charge in [-0.25, -0.2) is 4.79 Å². The van der Waals surface area contributed by atoms with Gasteiger partial charge in [0.05, 0.1) is 49.8 Å². The molecule has 9 atom stereocenters. The van der Waals surface area contributed by atoms with E-state index in [1.807, 2.05) is 83.9 Å². The number of hydrogen-bond acceptors (Lipinski definition) is 10. The van der Waals surface area contributed by atoms with Gasteiger partial charge >= 0.3 is 5.97 Å². The van der Waals surface area contributed by atoms with E-state index in [2.05, 4.69) is 10.6 Å². The largest absolute Gasteiger partial charge is 0.467 e. The Morgan fingerprint density at radius 3 is 2.07 bits per heavy atom. The van der Waals surface area contributed by atoms with E-state index in [4.69, 9.17) is 19.9 Å². The number of methoxy groups -OCH3 is 3. The van der Waals surface area contributed by atoms with E-state index in [1.165, 1.54) is 14.2 Å². The molecule has 1 aromatic carbocycles. The van der Waals surface area contributed by atoms with Gasteiger partial charge in [-0.1, -0.05) is 71.4 Å². The third kappa shape index (κ3) is 13.0. The first-order chi connectivity index (χ1) is 26.1. The summed E-state index contributed by atoms with van der Waals surface area (Å²) < 4.78 is 17.0. The van der Waals surface area contributed by atoms with E-state index < -0.39 is 54.3 Å². The van der Waals surface area contributed by atoms with Crippen LogP contribution in [0.5, 0.6) is 0 Å². The molecule has 1 saturated heterocycles. The lowest BCUT2D eigenvalue weighted by Crippen LogP contribution is -2.60. The highest BCUT2D eigenvalue weighted by molar-refractivity contribution is 5.90. The summed E-state index contributed by atoms with van der Waals surface area (Å²) in [6, 6.07) is 6.32. The molecule has 1 aromatic rings. The monoisotopic (exact) mass is 775 g/mol. The molecule has 1 aliphatic heterocycles. The first kappa shape index (κ1) is 47.6. The second kappa shape index (κ2) is 23.5. The van der Waals surface area contributed by atoms with Crippen LogP contribution in [-0.2, 0) is 44.6 Å². The number of benzene rings is 1. The number of amides is 4. The SMILES string of the molecule is CCC(C)C(C(CC(=O)N1CCC[C@H]1C(OC)C(C)C(=O)NC(Cc1ccccc1)C(=O)OC)OC)N(CC)C(=O)C(CCN)NC(=O)C(C(C)C)N(C)C. The maximum absolute atomic E-state index is 14.4. The molecule has 2 rings (SSSR count). The summed E-state index contributed by atoms with van der Waals surface area (Å²) in [4.78, 5) is 73.8. The topological polar surface area (TPSA) is 173 Å². The van der Waals surface area contributed by atoms with E-state index in [1.54, 1.807) is 23.8 Å².